The minimum atomic E-state index is -0.978. The highest BCUT2D eigenvalue weighted by molar-refractivity contribution is 7.16. The molecule has 0 radical (unpaired) electrons. The van der Waals surface area contributed by atoms with E-state index in [1.807, 2.05) is 6.07 Å². The van der Waals surface area contributed by atoms with Gasteiger partial charge in [-0.3, -0.25) is 9.59 Å². The number of hydrogen-bond donors (Lipinski definition) is 2. The number of carboxylic acid groups (broad SMARTS) is 1. The predicted molar refractivity (Wildman–Crippen MR) is 93.9 cm³/mol. The van der Waals surface area contributed by atoms with Crippen molar-refractivity contribution in [3.63, 3.8) is 0 Å². The lowest BCUT2D eigenvalue weighted by Gasteiger charge is -2.26. The molecule has 8 heteroatoms. The minimum absolute atomic E-state index is 0.166. The van der Waals surface area contributed by atoms with Gasteiger partial charge in [0.25, 0.3) is 0 Å². The lowest BCUT2D eigenvalue weighted by molar-refractivity contribution is -0.147. The van der Waals surface area contributed by atoms with Crippen LogP contribution in [-0.2, 0) is 9.59 Å². The number of carboxylic acids is 1. The maximum absolute atomic E-state index is 14.0. The van der Waals surface area contributed by atoms with E-state index in [-0.39, 0.29) is 21.3 Å². The molecule has 0 aliphatic heterocycles. The van der Waals surface area contributed by atoms with E-state index in [1.54, 1.807) is 6.07 Å². The second kappa shape index (κ2) is 7.62. The summed E-state index contributed by atoms with van der Waals surface area (Å²) in [6.45, 7) is 0. The van der Waals surface area contributed by atoms with Gasteiger partial charge in [-0.25, -0.2) is 9.37 Å². The van der Waals surface area contributed by atoms with E-state index < -0.39 is 29.5 Å². The summed E-state index contributed by atoms with van der Waals surface area (Å²) in [7, 11) is 0. The van der Waals surface area contributed by atoms with Crippen LogP contribution in [0.25, 0.3) is 11.3 Å². The Morgan fingerprint density at radius 3 is 2.62 bits per heavy atom. The van der Waals surface area contributed by atoms with Crippen LogP contribution in [0, 0.1) is 29.0 Å². The molecule has 2 N–H and O–H groups in total. The van der Waals surface area contributed by atoms with Crippen LogP contribution in [0.2, 0.25) is 0 Å². The Bertz CT molecular complexity index is 890. The van der Waals surface area contributed by atoms with E-state index in [0.29, 0.717) is 12.8 Å². The number of halogens is 1. The Morgan fingerprint density at radius 2 is 1.96 bits per heavy atom. The van der Waals surface area contributed by atoms with Crippen molar-refractivity contribution in [1.82, 2.24) is 4.98 Å². The fourth-order valence-electron chi connectivity index (χ4n) is 3.22. The molecule has 1 saturated carbocycles. The molecular weight excluding hydrogens is 357 g/mol. The number of amides is 1. The van der Waals surface area contributed by atoms with Gasteiger partial charge < -0.3 is 10.4 Å². The maximum atomic E-state index is 14.0. The van der Waals surface area contributed by atoms with Crippen LogP contribution in [0.5, 0.6) is 0 Å². The molecule has 1 fully saturated rings. The molecule has 0 spiro atoms. The zero-order valence-corrected chi connectivity index (χ0v) is 14.6. The van der Waals surface area contributed by atoms with Gasteiger partial charge in [-0.1, -0.05) is 36.3 Å². The van der Waals surface area contributed by atoms with Crippen LogP contribution >= 0.6 is 11.3 Å². The lowest BCUT2D eigenvalue weighted by atomic mass is 9.79. The first kappa shape index (κ1) is 18.0. The van der Waals surface area contributed by atoms with Gasteiger partial charge in [-0.05, 0) is 25.0 Å². The lowest BCUT2D eigenvalue weighted by Crippen LogP contribution is -2.36. The molecule has 1 aliphatic rings. The highest BCUT2D eigenvalue weighted by Gasteiger charge is 2.36. The molecule has 1 aromatic heterocycles. The number of aliphatic carboxylic acids is 1. The Kier molecular flexibility index (Phi) is 5.28. The van der Waals surface area contributed by atoms with Gasteiger partial charge in [0, 0.05) is 5.56 Å². The van der Waals surface area contributed by atoms with Crippen molar-refractivity contribution >= 4 is 28.3 Å². The van der Waals surface area contributed by atoms with Crippen LogP contribution in [0.15, 0.2) is 24.3 Å². The molecule has 6 nitrogen and oxygen atoms in total. The summed E-state index contributed by atoms with van der Waals surface area (Å²) >= 11 is 0.947. The highest BCUT2D eigenvalue weighted by atomic mass is 32.1. The third-order valence-electron chi connectivity index (χ3n) is 4.51. The van der Waals surface area contributed by atoms with Crippen LogP contribution in [0.1, 0.15) is 30.6 Å². The van der Waals surface area contributed by atoms with Crippen molar-refractivity contribution in [3.8, 4) is 17.3 Å². The number of rotatable bonds is 4. The number of thiazole rings is 1. The van der Waals surface area contributed by atoms with Crippen LogP contribution in [-0.4, -0.2) is 22.0 Å². The predicted octanol–water partition coefficient (Wildman–Crippen LogP) is 3.65. The van der Waals surface area contributed by atoms with E-state index in [0.717, 1.165) is 24.2 Å². The topological polar surface area (TPSA) is 103 Å². The number of carbonyl (C=O) groups is 2. The van der Waals surface area contributed by atoms with Gasteiger partial charge in [0.1, 0.15) is 22.5 Å². The highest BCUT2D eigenvalue weighted by Crippen LogP contribution is 2.34. The average molecular weight is 373 g/mol. The zero-order valence-electron chi connectivity index (χ0n) is 13.7. The van der Waals surface area contributed by atoms with E-state index in [1.165, 1.54) is 18.2 Å². The van der Waals surface area contributed by atoms with Gasteiger partial charge >= 0.3 is 5.97 Å². The molecule has 0 saturated heterocycles. The van der Waals surface area contributed by atoms with E-state index in [9.17, 15) is 24.3 Å². The van der Waals surface area contributed by atoms with Gasteiger partial charge in [-0.15, -0.1) is 0 Å². The van der Waals surface area contributed by atoms with Gasteiger partial charge in [-0.2, -0.15) is 5.26 Å². The summed E-state index contributed by atoms with van der Waals surface area (Å²) in [4.78, 5) is 28.3. The first-order valence-electron chi connectivity index (χ1n) is 8.20. The van der Waals surface area contributed by atoms with Crippen molar-refractivity contribution < 1.29 is 19.1 Å². The SMILES string of the molecule is N#Cc1sc(NC(=O)[C@@H]2CCCC[C@@H]2C(=O)O)nc1-c1ccccc1F. The fraction of sp³-hybridized carbons (Fsp3) is 0.333. The fourth-order valence-corrected chi connectivity index (χ4v) is 4.00. The number of aromatic nitrogens is 1. The second-order valence-electron chi connectivity index (χ2n) is 6.11. The Hall–Kier alpha value is -2.79. The Balaban J connectivity index is 1.85. The van der Waals surface area contributed by atoms with E-state index >= 15 is 0 Å². The summed E-state index contributed by atoms with van der Waals surface area (Å²) in [5.74, 6) is -3.26. The maximum Gasteiger partial charge on any atom is 0.307 e. The van der Waals surface area contributed by atoms with Gasteiger partial charge in [0.2, 0.25) is 5.91 Å². The number of nitriles is 1. The smallest absolute Gasteiger partial charge is 0.307 e. The summed E-state index contributed by atoms with van der Waals surface area (Å²) < 4.78 is 14.0. The molecule has 3 rings (SSSR count). The molecule has 26 heavy (non-hydrogen) atoms. The molecule has 1 amide bonds. The van der Waals surface area contributed by atoms with E-state index in [4.69, 9.17) is 0 Å². The Labute approximate surface area is 153 Å². The first-order chi connectivity index (χ1) is 12.5. The van der Waals surface area contributed by atoms with Crippen molar-refractivity contribution in [2.45, 2.75) is 25.7 Å². The Morgan fingerprint density at radius 1 is 1.27 bits per heavy atom. The summed E-state index contributed by atoms with van der Waals surface area (Å²) in [5.41, 5.74) is 0.353. The normalized spacial score (nSPS) is 19.5. The van der Waals surface area contributed by atoms with Crippen molar-refractivity contribution in [2.24, 2.45) is 11.8 Å². The van der Waals surface area contributed by atoms with Crippen molar-refractivity contribution in [2.75, 3.05) is 5.32 Å². The monoisotopic (exact) mass is 373 g/mol. The number of hydrogen-bond acceptors (Lipinski definition) is 5. The molecule has 2 atom stereocenters. The quantitative estimate of drug-likeness (QED) is 0.851. The zero-order chi connectivity index (χ0) is 18.7. The first-order valence-corrected chi connectivity index (χ1v) is 9.02. The number of benzene rings is 1. The molecule has 1 aliphatic carbocycles. The molecule has 0 unspecified atom stereocenters. The molecule has 2 aromatic rings. The van der Waals surface area contributed by atoms with Gasteiger partial charge in [0.15, 0.2) is 5.13 Å². The van der Waals surface area contributed by atoms with E-state index in [2.05, 4.69) is 10.3 Å². The van der Waals surface area contributed by atoms with Crippen LogP contribution in [0.3, 0.4) is 0 Å². The summed E-state index contributed by atoms with van der Waals surface area (Å²) in [5, 5.41) is 21.4. The molecular formula is C18H16FN3O3S. The van der Waals surface area contributed by atoms with Crippen LogP contribution in [0.4, 0.5) is 9.52 Å². The molecule has 134 valence electrons. The molecule has 0 bridgehead atoms. The van der Waals surface area contributed by atoms with Crippen molar-refractivity contribution in [1.29, 1.82) is 5.26 Å². The third kappa shape index (κ3) is 3.58. The number of nitrogens with one attached hydrogen (secondary N) is 1. The van der Waals surface area contributed by atoms with Crippen molar-refractivity contribution in [3.05, 3.63) is 35.0 Å². The molecule has 1 heterocycles. The number of nitrogens with zero attached hydrogens (tertiary/aromatic N) is 2. The summed E-state index contributed by atoms with van der Waals surface area (Å²) in [6.07, 6.45) is 2.55. The number of anilines is 1. The van der Waals surface area contributed by atoms with Crippen LogP contribution < -0.4 is 5.32 Å². The summed E-state index contributed by atoms with van der Waals surface area (Å²) in [6, 6.07) is 7.92. The van der Waals surface area contributed by atoms with Gasteiger partial charge in [0.05, 0.1) is 11.8 Å². The average Bonchev–Trinajstić information content (AvgIpc) is 3.04. The molecule has 1 aromatic carbocycles. The standard InChI is InChI=1S/C18H16FN3O3S/c19-13-8-4-3-7-12(13)15-14(9-20)26-18(21-15)22-16(23)10-5-1-2-6-11(10)17(24)25/h3-4,7-8,10-11H,1-2,5-6H2,(H,24,25)(H,21,22,23)/t10-,11+/m1/s1. The second-order valence-corrected chi connectivity index (χ2v) is 7.11. The minimum Gasteiger partial charge on any atom is -0.481 e. The number of carbonyl (C=O) groups excluding carboxylic acids is 1. The third-order valence-corrected chi connectivity index (χ3v) is 5.38. The largest absolute Gasteiger partial charge is 0.481 e.